The minimum atomic E-state index is 0.0249. The van der Waals surface area contributed by atoms with Crippen molar-refractivity contribution in [2.75, 3.05) is 11.5 Å². The summed E-state index contributed by atoms with van der Waals surface area (Å²) in [5, 5.41) is 0. The van der Waals surface area contributed by atoms with Gasteiger partial charge < -0.3 is 11.5 Å². The maximum Gasteiger partial charge on any atom is 0.0316 e. The molecule has 2 nitrogen and oxygen atoms in total. The van der Waals surface area contributed by atoms with Gasteiger partial charge >= 0.3 is 0 Å². The number of benzene rings is 4. The highest BCUT2D eigenvalue weighted by Gasteiger charge is 2.42. The average molecular weight is 685 g/mol. The molecule has 0 aromatic heterocycles. The molecule has 51 heavy (non-hydrogen) atoms. The van der Waals surface area contributed by atoms with Crippen LogP contribution in [0.15, 0.2) is 84.9 Å². The maximum atomic E-state index is 6.21. The Labute approximate surface area is 311 Å². The Bertz CT molecular complexity index is 1520. The van der Waals surface area contributed by atoms with E-state index in [9.17, 15) is 0 Å². The lowest BCUT2D eigenvalue weighted by molar-refractivity contribution is 0.221. The van der Waals surface area contributed by atoms with Gasteiger partial charge in [-0.05, 0) is 121 Å². The van der Waals surface area contributed by atoms with Gasteiger partial charge in [-0.2, -0.15) is 0 Å². The molecule has 2 heteroatoms. The Hall–Kier alpha value is -3.52. The molecule has 1 fully saturated rings. The zero-order chi connectivity index (χ0) is 36.2. The summed E-state index contributed by atoms with van der Waals surface area (Å²) in [6, 6.07) is 33.2. The van der Waals surface area contributed by atoms with Crippen molar-refractivity contribution in [1.82, 2.24) is 0 Å². The zero-order valence-corrected chi connectivity index (χ0v) is 32.8. The van der Waals surface area contributed by atoms with Crippen LogP contribution in [0, 0.1) is 19.8 Å². The van der Waals surface area contributed by atoms with Gasteiger partial charge in [0.05, 0.1) is 0 Å². The summed E-state index contributed by atoms with van der Waals surface area (Å²) >= 11 is 0. The van der Waals surface area contributed by atoms with Crippen molar-refractivity contribution in [3.05, 3.63) is 129 Å². The number of aryl methyl sites for hydroxylation is 2. The van der Waals surface area contributed by atoms with E-state index in [1.54, 1.807) is 0 Å². The second kappa shape index (κ2) is 18.8. The van der Waals surface area contributed by atoms with Crippen LogP contribution in [0.3, 0.4) is 0 Å². The first-order valence-corrected chi connectivity index (χ1v) is 20.7. The van der Waals surface area contributed by atoms with Gasteiger partial charge in [0.1, 0.15) is 0 Å². The molecule has 1 aliphatic carbocycles. The molecule has 2 atom stereocenters. The van der Waals surface area contributed by atoms with Crippen molar-refractivity contribution < 1.29 is 0 Å². The van der Waals surface area contributed by atoms with Crippen molar-refractivity contribution >= 4 is 11.4 Å². The molecule has 0 radical (unpaired) electrons. The summed E-state index contributed by atoms with van der Waals surface area (Å²) < 4.78 is 0. The normalized spacial score (nSPS) is 16.1. The van der Waals surface area contributed by atoms with Crippen LogP contribution in [0.25, 0.3) is 0 Å². The lowest BCUT2D eigenvalue weighted by atomic mass is 9.59. The van der Waals surface area contributed by atoms with E-state index >= 15 is 0 Å². The molecule has 0 saturated heterocycles. The lowest BCUT2D eigenvalue weighted by Gasteiger charge is -2.44. The Balaban J connectivity index is 1.57. The summed E-state index contributed by atoms with van der Waals surface area (Å²) in [4.78, 5) is 0. The summed E-state index contributed by atoms with van der Waals surface area (Å²) in [7, 11) is 0. The molecule has 2 unspecified atom stereocenters. The highest BCUT2D eigenvalue weighted by Crippen LogP contribution is 2.50. The van der Waals surface area contributed by atoms with Crippen LogP contribution in [0.5, 0.6) is 0 Å². The van der Waals surface area contributed by atoms with Gasteiger partial charge in [0.15, 0.2) is 0 Å². The first-order chi connectivity index (χ1) is 24.8. The molecule has 0 heterocycles. The molecular formula is C49H68N2. The molecule has 1 aliphatic rings. The largest absolute Gasteiger partial charge is 0.399 e. The van der Waals surface area contributed by atoms with Gasteiger partial charge in [0.25, 0.3) is 0 Å². The summed E-state index contributed by atoms with van der Waals surface area (Å²) in [6.07, 6.45) is 20.3. The molecule has 4 aromatic rings. The van der Waals surface area contributed by atoms with E-state index in [1.165, 1.54) is 147 Å². The summed E-state index contributed by atoms with van der Waals surface area (Å²) in [5.74, 6) is 1.45. The number of anilines is 2. The topological polar surface area (TPSA) is 52.0 Å². The second-order valence-corrected chi connectivity index (χ2v) is 16.0. The van der Waals surface area contributed by atoms with Crippen molar-refractivity contribution in [3.8, 4) is 0 Å². The zero-order valence-electron chi connectivity index (χ0n) is 32.8. The molecule has 0 bridgehead atoms. The van der Waals surface area contributed by atoms with Crippen molar-refractivity contribution in [2.24, 2.45) is 5.92 Å². The third kappa shape index (κ3) is 9.29. The SMILES string of the molecule is CCCCCC(c1ccc(C(CCCC)(c2ccc(C(CCCCC)c3ccc(N)cc3C)cc2)C2CCCCC2)cc1)c1ccc(N)cc1C. The van der Waals surface area contributed by atoms with Crippen LogP contribution in [-0.4, -0.2) is 0 Å². The highest BCUT2D eigenvalue weighted by molar-refractivity contribution is 5.51. The summed E-state index contributed by atoms with van der Waals surface area (Å²) in [6.45, 7) is 11.4. The standard InChI is InChI=1S/C49H68N2/c1-6-9-13-19-47(45-31-29-43(50)34-36(45)4)38-21-25-41(26-22-38)49(33-11-8-3,40-17-15-12-16-18-40)42-27-23-39(24-28-42)48(20-14-10-7-2)46-32-30-44(51)35-37(46)5/h21-32,34-35,40,47-48H,6-20,33,50-51H2,1-5H3. The molecule has 4 aromatic carbocycles. The van der Waals surface area contributed by atoms with E-state index < -0.39 is 0 Å². The van der Waals surface area contributed by atoms with Crippen molar-refractivity contribution in [3.63, 3.8) is 0 Å². The van der Waals surface area contributed by atoms with E-state index in [2.05, 4.69) is 120 Å². The third-order valence-electron chi connectivity index (χ3n) is 12.4. The number of nitrogens with two attached hydrogens (primary N) is 2. The van der Waals surface area contributed by atoms with Crippen molar-refractivity contribution in [2.45, 2.75) is 155 Å². The van der Waals surface area contributed by atoms with Gasteiger partial charge in [0, 0.05) is 28.6 Å². The Morgan fingerprint density at radius 2 is 0.980 bits per heavy atom. The van der Waals surface area contributed by atoms with Gasteiger partial charge in [-0.25, -0.2) is 0 Å². The Kier molecular flexibility index (Phi) is 14.3. The van der Waals surface area contributed by atoms with Gasteiger partial charge in [0.2, 0.25) is 0 Å². The average Bonchev–Trinajstić information content (AvgIpc) is 3.14. The van der Waals surface area contributed by atoms with Crippen LogP contribution in [0.2, 0.25) is 0 Å². The molecule has 1 saturated carbocycles. The second-order valence-electron chi connectivity index (χ2n) is 16.0. The van der Waals surface area contributed by atoms with E-state index in [0.29, 0.717) is 17.8 Å². The monoisotopic (exact) mass is 685 g/mol. The third-order valence-corrected chi connectivity index (χ3v) is 12.4. The minimum absolute atomic E-state index is 0.0249. The number of nitrogen functional groups attached to an aromatic ring is 2. The predicted octanol–water partition coefficient (Wildman–Crippen LogP) is 13.9. The van der Waals surface area contributed by atoms with E-state index in [4.69, 9.17) is 11.5 Å². The molecule has 5 rings (SSSR count). The minimum Gasteiger partial charge on any atom is -0.399 e. The smallest absolute Gasteiger partial charge is 0.0316 e. The van der Waals surface area contributed by atoms with Crippen LogP contribution in [0.4, 0.5) is 11.4 Å². The first-order valence-electron chi connectivity index (χ1n) is 20.7. The molecule has 274 valence electrons. The molecule has 0 aliphatic heterocycles. The van der Waals surface area contributed by atoms with Crippen molar-refractivity contribution in [1.29, 1.82) is 0 Å². The van der Waals surface area contributed by atoms with Gasteiger partial charge in [-0.3, -0.25) is 0 Å². The molecule has 4 N–H and O–H groups in total. The molecule has 0 spiro atoms. The van der Waals surface area contributed by atoms with E-state index in [-0.39, 0.29) is 5.41 Å². The van der Waals surface area contributed by atoms with Gasteiger partial charge in [-0.1, -0.05) is 152 Å². The van der Waals surface area contributed by atoms with E-state index in [0.717, 1.165) is 11.4 Å². The van der Waals surface area contributed by atoms with Crippen LogP contribution < -0.4 is 11.5 Å². The fraction of sp³-hybridized carbons (Fsp3) is 0.510. The number of hydrogen-bond acceptors (Lipinski definition) is 2. The first kappa shape index (κ1) is 38.7. The Morgan fingerprint density at radius 3 is 1.37 bits per heavy atom. The predicted molar refractivity (Wildman–Crippen MR) is 223 cm³/mol. The molecule has 0 amide bonds. The Morgan fingerprint density at radius 1 is 0.549 bits per heavy atom. The fourth-order valence-electron chi connectivity index (χ4n) is 9.59. The van der Waals surface area contributed by atoms with Crippen LogP contribution in [-0.2, 0) is 5.41 Å². The maximum absolute atomic E-state index is 6.21. The lowest BCUT2D eigenvalue weighted by Crippen LogP contribution is -2.38. The van der Waals surface area contributed by atoms with E-state index in [1.807, 2.05) is 0 Å². The summed E-state index contributed by atoms with van der Waals surface area (Å²) in [5.41, 5.74) is 25.6. The highest BCUT2D eigenvalue weighted by atomic mass is 14.5. The number of rotatable bonds is 18. The number of hydrogen-bond donors (Lipinski definition) is 2. The van der Waals surface area contributed by atoms with Gasteiger partial charge in [-0.15, -0.1) is 0 Å². The number of unbranched alkanes of at least 4 members (excludes halogenated alkanes) is 5. The molecular weight excluding hydrogens is 617 g/mol. The fourth-order valence-corrected chi connectivity index (χ4v) is 9.59. The quantitative estimate of drug-likeness (QED) is 0.0809. The van der Waals surface area contributed by atoms with Crippen LogP contribution >= 0.6 is 0 Å². The van der Waals surface area contributed by atoms with Crippen LogP contribution in [0.1, 0.15) is 180 Å².